The molecule has 0 amide bonds. The summed E-state index contributed by atoms with van der Waals surface area (Å²) in [4.78, 5) is 15.5. The third kappa shape index (κ3) is 4.83. The number of carbonyl (C=O) groups is 1. The molecule has 1 aliphatic carbocycles. The quantitative estimate of drug-likeness (QED) is 0.182. The van der Waals surface area contributed by atoms with Crippen LogP contribution >= 0.6 is 0 Å². The van der Waals surface area contributed by atoms with E-state index in [0.29, 0.717) is 12.8 Å². The Hall–Kier alpha value is -3.05. The minimum atomic E-state index is -0.905. The van der Waals surface area contributed by atoms with Gasteiger partial charge in [-0.05, 0) is 68.2 Å². The van der Waals surface area contributed by atoms with Crippen molar-refractivity contribution in [1.82, 2.24) is 0 Å². The van der Waals surface area contributed by atoms with E-state index in [1.807, 2.05) is 60.7 Å². The van der Waals surface area contributed by atoms with Gasteiger partial charge in [-0.15, -0.1) is 0 Å². The van der Waals surface area contributed by atoms with E-state index in [1.165, 1.54) is 6.07 Å². The van der Waals surface area contributed by atoms with Gasteiger partial charge in [0.15, 0.2) is 26.3 Å². The summed E-state index contributed by atoms with van der Waals surface area (Å²) in [5.74, 6) is -0.742. The Morgan fingerprint density at radius 2 is 1.48 bits per heavy atom. The number of carbonyl (C=O) groups excluding carboxylic acids is 1. The molecule has 0 radical (unpaired) electrons. The molecule has 3 aromatic carbocycles. The molecular weight excluding hydrogens is 411 g/mol. The first-order valence-electron chi connectivity index (χ1n) is 10.3. The van der Waals surface area contributed by atoms with E-state index in [2.05, 4.69) is 6.58 Å². The van der Waals surface area contributed by atoms with Gasteiger partial charge in [-0.1, -0.05) is 43.0 Å². The topological polar surface area (TPSA) is 35.5 Å². The Morgan fingerprint density at radius 1 is 0.903 bits per heavy atom. The highest BCUT2D eigenvalue weighted by Crippen LogP contribution is 2.36. The second-order valence-electron chi connectivity index (χ2n) is 7.45. The van der Waals surface area contributed by atoms with Gasteiger partial charge in [0.05, 0.1) is 10.9 Å². The molecule has 3 aromatic rings. The maximum absolute atomic E-state index is 14.5. The van der Waals surface area contributed by atoms with E-state index in [9.17, 15) is 9.18 Å². The summed E-state index contributed by atoms with van der Waals surface area (Å²) in [7, 11) is -0.477. The summed E-state index contributed by atoms with van der Waals surface area (Å²) in [6.07, 6.45) is 4.08. The van der Waals surface area contributed by atoms with E-state index in [4.69, 9.17) is 9.47 Å². The smallest absolute Gasteiger partial charge is 0.423 e. The summed E-state index contributed by atoms with van der Waals surface area (Å²) in [5.41, 5.74) is -0.719. The highest BCUT2D eigenvalue weighted by atomic mass is 32.2. The second-order valence-corrected chi connectivity index (χ2v) is 9.48. The van der Waals surface area contributed by atoms with Crippen LogP contribution < -0.4 is 4.74 Å². The first-order valence-corrected chi connectivity index (χ1v) is 11.5. The van der Waals surface area contributed by atoms with Crippen LogP contribution in [-0.4, -0.2) is 11.8 Å². The number of rotatable bonds is 6. The molecule has 0 spiro atoms. The van der Waals surface area contributed by atoms with Gasteiger partial charge in [-0.25, -0.2) is 9.18 Å². The van der Waals surface area contributed by atoms with Crippen molar-refractivity contribution in [3.63, 3.8) is 0 Å². The summed E-state index contributed by atoms with van der Waals surface area (Å²) >= 11 is 0. The molecule has 1 fully saturated rings. The van der Waals surface area contributed by atoms with Crippen LogP contribution in [-0.2, 0) is 15.6 Å². The van der Waals surface area contributed by atoms with Gasteiger partial charge >= 0.3 is 6.16 Å². The van der Waals surface area contributed by atoms with E-state index < -0.39 is 28.5 Å². The van der Waals surface area contributed by atoms with Crippen molar-refractivity contribution < 1.29 is 18.7 Å². The highest BCUT2D eigenvalue weighted by molar-refractivity contribution is 7.97. The Morgan fingerprint density at radius 3 is 2.03 bits per heavy atom. The molecule has 31 heavy (non-hydrogen) atoms. The fourth-order valence-corrected chi connectivity index (χ4v) is 5.91. The van der Waals surface area contributed by atoms with Crippen molar-refractivity contribution in [3.05, 3.63) is 97.3 Å². The molecule has 4 rings (SSSR count). The van der Waals surface area contributed by atoms with E-state index in [1.54, 1.807) is 18.2 Å². The largest absolute Gasteiger partial charge is 0.514 e. The van der Waals surface area contributed by atoms with Gasteiger partial charge in [0.25, 0.3) is 0 Å². The number of hydrogen-bond donors (Lipinski definition) is 0. The third-order valence-corrected chi connectivity index (χ3v) is 7.61. The predicted octanol–water partition coefficient (Wildman–Crippen LogP) is 6.94. The minimum Gasteiger partial charge on any atom is -0.423 e. The summed E-state index contributed by atoms with van der Waals surface area (Å²) in [6.45, 7) is 3.79. The molecule has 158 valence electrons. The lowest BCUT2D eigenvalue weighted by Crippen LogP contribution is -2.31. The molecule has 0 bridgehead atoms. The first-order chi connectivity index (χ1) is 15.1. The number of hydrogen-bond acceptors (Lipinski definition) is 3. The van der Waals surface area contributed by atoms with Crippen molar-refractivity contribution in [2.24, 2.45) is 0 Å². The molecule has 0 aromatic heterocycles. The molecular formula is C26H24FO3S+. The molecule has 1 saturated carbocycles. The SMILES string of the molecule is C=CC1(OC(=O)Oc2cc([S+](c3ccccc3)c3ccccc3)ccc2F)CCCC1. The molecule has 3 nitrogen and oxygen atoms in total. The predicted molar refractivity (Wildman–Crippen MR) is 120 cm³/mol. The summed E-state index contributed by atoms with van der Waals surface area (Å²) in [5, 5.41) is 0. The molecule has 0 saturated heterocycles. The lowest BCUT2D eigenvalue weighted by molar-refractivity contribution is 0.0193. The van der Waals surface area contributed by atoms with Gasteiger partial charge in [0.1, 0.15) is 5.60 Å². The van der Waals surface area contributed by atoms with E-state index in [-0.39, 0.29) is 5.75 Å². The van der Waals surface area contributed by atoms with Crippen molar-refractivity contribution in [2.75, 3.05) is 0 Å². The molecule has 5 heteroatoms. The zero-order chi connectivity index (χ0) is 21.7. The van der Waals surface area contributed by atoms with Crippen molar-refractivity contribution in [2.45, 2.75) is 46.0 Å². The minimum absolute atomic E-state index is 0.135. The number of ether oxygens (including phenoxy) is 2. The maximum atomic E-state index is 14.5. The van der Waals surface area contributed by atoms with Crippen molar-refractivity contribution in [3.8, 4) is 5.75 Å². The normalized spacial score (nSPS) is 14.9. The van der Waals surface area contributed by atoms with E-state index >= 15 is 0 Å². The first kappa shape index (κ1) is 21.2. The Kier molecular flexibility index (Phi) is 6.42. The lowest BCUT2D eigenvalue weighted by atomic mass is 10.0. The monoisotopic (exact) mass is 435 g/mol. The fraction of sp³-hybridized carbons (Fsp3) is 0.192. The second kappa shape index (κ2) is 9.40. The van der Waals surface area contributed by atoms with Gasteiger partial charge in [0.2, 0.25) is 0 Å². The molecule has 0 aliphatic heterocycles. The van der Waals surface area contributed by atoms with Crippen LogP contribution in [0.3, 0.4) is 0 Å². The van der Waals surface area contributed by atoms with Gasteiger partial charge in [-0.2, -0.15) is 0 Å². The van der Waals surface area contributed by atoms with Crippen LogP contribution in [0.5, 0.6) is 5.75 Å². The number of benzene rings is 3. The zero-order valence-corrected chi connectivity index (χ0v) is 17.9. The van der Waals surface area contributed by atoms with Gasteiger partial charge < -0.3 is 9.47 Å². The average molecular weight is 436 g/mol. The van der Waals surface area contributed by atoms with Gasteiger partial charge in [0, 0.05) is 6.07 Å². The molecule has 0 N–H and O–H groups in total. The van der Waals surface area contributed by atoms with Crippen LogP contribution in [0.2, 0.25) is 0 Å². The van der Waals surface area contributed by atoms with E-state index in [0.717, 1.165) is 27.5 Å². The highest BCUT2D eigenvalue weighted by Gasteiger charge is 2.36. The third-order valence-electron chi connectivity index (χ3n) is 5.40. The van der Waals surface area contributed by atoms with Crippen molar-refractivity contribution in [1.29, 1.82) is 0 Å². The summed E-state index contributed by atoms with van der Waals surface area (Å²) < 4.78 is 25.4. The standard InChI is InChI=1S/C26H24FO3S/c1-2-26(17-9-10-18-26)30-25(28)29-24-19-22(15-16-23(24)27)31(20-11-5-3-6-12-20)21-13-7-4-8-14-21/h2-8,11-16,19H,1,9-10,17-18H2/q+1. The molecule has 0 unspecified atom stereocenters. The molecule has 0 heterocycles. The van der Waals surface area contributed by atoms with Gasteiger partial charge in [-0.3, -0.25) is 0 Å². The Balaban J connectivity index is 1.64. The molecule has 1 aliphatic rings. The van der Waals surface area contributed by atoms with Crippen LogP contribution in [0.15, 0.2) is 106 Å². The maximum Gasteiger partial charge on any atom is 0.514 e. The van der Waals surface area contributed by atoms with Crippen LogP contribution in [0.4, 0.5) is 9.18 Å². The van der Waals surface area contributed by atoms with Crippen LogP contribution in [0.25, 0.3) is 0 Å². The fourth-order valence-electron chi connectivity index (χ4n) is 3.81. The Labute approximate surface area is 184 Å². The van der Waals surface area contributed by atoms with Crippen LogP contribution in [0, 0.1) is 5.82 Å². The van der Waals surface area contributed by atoms with Crippen LogP contribution in [0.1, 0.15) is 25.7 Å². The zero-order valence-electron chi connectivity index (χ0n) is 17.1. The molecule has 0 atom stereocenters. The average Bonchev–Trinajstić information content (AvgIpc) is 3.26. The van der Waals surface area contributed by atoms with Crippen molar-refractivity contribution >= 4 is 17.1 Å². The summed E-state index contributed by atoms with van der Waals surface area (Å²) in [6, 6.07) is 24.7. The Bertz CT molecular complexity index is 1010. The lowest BCUT2D eigenvalue weighted by Gasteiger charge is -2.24. The number of halogens is 1.